The summed E-state index contributed by atoms with van der Waals surface area (Å²) < 4.78 is 8.64. The minimum Gasteiger partial charge on any atom is -0.456 e. The molecule has 10 aromatic carbocycles. The Hall–Kier alpha value is -8.40. The molecule has 2 aromatic heterocycles. The van der Waals surface area contributed by atoms with E-state index in [1.807, 2.05) is 12.1 Å². The number of benzene rings is 10. The van der Waals surface area contributed by atoms with E-state index in [-0.39, 0.29) is 0 Å². The second-order valence-electron chi connectivity index (χ2n) is 16.1. The van der Waals surface area contributed by atoms with Gasteiger partial charge < -0.3 is 13.9 Å². The van der Waals surface area contributed by atoms with Crippen molar-refractivity contribution in [3.05, 3.63) is 243 Å². The Balaban J connectivity index is 0.934. The van der Waals surface area contributed by atoms with E-state index in [1.165, 1.54) is 44.1 Å². The molecule has 12 rings (SSSR count). The number of hydrogen-bond acceptors (Lipinski definition) is 2. The zero-order valence-electron chi connectivity index (χ0n) is 34.4. The summed E-state index contributed by atoms with van der Waals surface area (Å²) in [6, 6.07) is 87.1. The van der Waals surface area contributed by atoms with Crippen LogP contribution in [0.5, 0.6) is 0 Å². The Morgan fingerprint density at radius 3 is 1.46 bits per heavy atom. The molecule has 0 saturated heterocycles. The average Bonchev–Trinajstić information content (AvgIpc) is 3.91. The van der Waals surface area contributed by atoms with Crippen LogP contribution in [0.3, 0.4) is 0 Å². The number of nitrogens with zero attached hydrogens (tertiary/aromatic N) is 2. The van der Waals surface area contributed by atoms with Gasteiger partial charge in [-0.25, -0.2) is 0 Å². The zero-order valence-corrected chi connectivity index (χ0v) is 34.4. The highest BCUT2D eigenvalue weighted by atomic mass is 16.3. The van der Waals surface area contributed by atoms with Crippen molar-refractivity contribution >= 4 is 60.8 Å². The molecule has 0 aliphatic rings. The Kier molecular flexibility index (Phi) is 8.83. The first-order valence-electron chi connectivity index (χ1n) is 21.5. The van der Waals surface area contributed by atoms with Gasteiger partial charge in [-0.15, -0.1) is 0 Å². The fourth-order valence-electron chi connectivity index (χ4n) is 9.39. The molecule has 12 aromatic rings. The molecule has 0 atom stereocenters. The molecule has 3 nitrogen and oxygen atoms in total. The second-order valence-corrected chi connectivity index (χ2v) is 16.1. The molecule has 0 aliphatic heterocycles. The summed E-state index contributed by atoms with van der Waals surface area (Å²) in [6.45, 7) is 0. The molecule has 0 fully saturated rings. The lowest BCUT2D eigenvalue weighted by atomic mass is 9.98. The van der Waals surface area contributed by atoms with Crippen molar-refractivity contribution in [3.63, 3.8) is 0 Å². The largest absolute Gasteiger partial charge is 0.456 e. The van der Waals surface area contributed by atoms with Gasteiger partial charge in [0, 0.05) is 44.3 Å². The fourth-order valence-corrected chi connectivity index (χ4v) is 9.39. The van der Waals surface area contributed by atoms with Crippen LogP contribution >= 0.6 is 0 Å². The van der Waals surface area contributed by atoms with E-state index < -0.39 is 0 Å². The van der Waals surface area contributed by atoms with Gasteiger partial charge in [0.15, 0.2) is 0 Å². The summed E-state index contributed by atoms with van der Waals surface area (Å²) in [7, 11) is 0. The van der Waals surface area contributed by atoms with E-state index in [2.05, 4.69) is 240 Å². The van der Waals surface area contributed by atoms with E-state index in [9.17, 15) is 0 Å². The summed E-state index contributed by atoms with van der Waals surface area (Å²) in [6.07, 6.45) is 0. The lowest BCUT2D eigenvalue weighted by Crippen LogP contribution is -2.10. The maximum absolute atomic E-state index is 6.26. The van der Waals surface area contributed by atoms with Gasteiger partial charge in [0.05, 0.1) is 11.0 Å². The van der Waals surface area contributed by atoms with E-state index in [4.69, 9.17) is 4.42 Å². The highest BCUT2D eigenvalue weighted by Crippen LogP contribution is 2.41. The van der Waals surface area contributed by atoms with Crippen LogP contribution in [-0.4, -0.2) is 4.57 Å². The van der Waals surface area contributed by atoms with Gasteiger partial charge >= 0.3 is 0 Å². The van der Waals surface area contributed by atoms with Crippen molar-refractivity contribution < 1.29 is 4.42 Å². The van der Waals surface area contributed by atoms with Crippen molar-refractivity contribution in [1.29, 1.82) is 0 Å². The molecule has 0 saturated carbocycles. The van der Waals surface area contributed by atoms with Crippen molar-refractivity contribution in [2.75, 3.05) is 4.90 Å². The van der Waals surface area contributed by atoms with E-state index in [0.717, 1.165) is 66.9 Å². The van der Waals surface area contributed by atoms with Crippen LogP contribution in [0.2, 0.25) is 0 Å². The average molecular weight is 805 g/mol. The molecule has 296 valence electrons. The van der Waals surface area contributed by atoms with E-state index >= 15 is 0 Å². The molecule has 0 bridgehead atoms. The van der Waals surface area contributed by atoms with Crippen LogP contribution < -0.4 is 4.90 Å². The highest BCUT2D eigenvalue weighted by Gasteiger charge is 2.17. The Bertz CT molecular complexity index is 3550. The molecule has 0 spiro atoms. The third-order valence-electron chi connectivity index (χ3n) is 12.4. The minimum atomic E-state index is 0.897. The van der Waals surface area contributed by atoms with Gasteiger partial charge in [-0.05, 0) is 117 Å². The van der Waals surface area contributed by atoms with Crippen molar-refractivity contribution in [1.82, 2.24) is 4.57 Å². The van der Waals surface area contributed by atoms with Gasteiger partial charge in [-0.1, -0.05) is 170 Å². The van der Waals surface area contributed by atoms with Crippen LogP contribution in [0.4, 0.5) is 17.1 Å². The number of hydrogen-bond donors (Lipinski definition) is 0. The normalized spacial score (nSPS) is 11.5. The number of fused-ring (bicyclic) bond motifs is 6. The smallest absolute Gasteiger partial charge is 0.136 e. The number of rotatable bonds is 8. The van der Waals surface area contributed by atoms with Gasteiger partial charge in [-0.2, -0.15) is 0 Å². The minimum absolute atomic E-state index is 0.897. The van der Waals surface area contributed by atoms with Crippen molar-refractivity contribution in [2.24, 2.45) is 0 Å². The maximum Gasteiger partial charge on any atom is 0.136 e. The number of para-hydroxylation sites is 3. The van der Waals surface area contributed by atoms with Crippen LogP contribution in [0.15, 0.2) is 247 Å². The Morgan fingerprint density at radius 2 is 0.778 bits per heavy atom. The molecule has 0 amide bonds. The van der Waals surface area contributed by atoms with Crippen molar-refractivity contribution in [2.45, 2.75) is 0 Å². The van der Waals surface area contributed by atoms with E-state index in [1.54, 1.807) is 0 Å². The molecular formula is C60H40N2O. The van der Waals surface area contributed by atoms with Gasteiger partial charge in [-0.3, -0.25) is 0 Å². The topological polar surface area (TPSA) is 21.3 Å². The highest BCUT2D eigenvalue weighted by molar-refractivity contribution is 6.12. The first-order valence-corrected chi connectivity index (χ1v) is 21.5. The molecule has 0 unspecified atom stereocenters. The summed E-state index contributed by atoms with van der Waals surface area (Å²) >= 11 is 0. The first kappa shape index (κ1) is 36.5. The predicted octanol–water partition coefficient (Wildman–Crippen LogP) is 16.8. The molecule has 3 heteroatoms. The van der Waals surface area contributed by atoms with Crippen LogP contribution in [0.1, 0.15) is 0 Å². The predicted molar refractivity (Wildman–Crippen MR) is 264 cm³/mol. The summed E-state index contributed by atoms with van der Waals surface area (Å²) in [5, 5.41) is 4.79. The zero-order chi connectivity index (χ0) is 41.7. The Morgan fingerprint density at radius 1 is 0.302 bits per heavy atom. The Labute approximate surface area is 366 Å². The van der Waals surface area contributed by atoms with Gasteiger partial charge in [0.1, 0.15) is 11.2 Å². The summed E-state index contributed by atoms with van der Waals surface area (Å²) in [4.78, 5) is 2.36. The summed E-state index contributed by atoms with van der Waals surface area (Å²) in [5.74, 6) is 0. The molecule has 0 aliphatic carbocycles. The second kappa shape index (κ2) is 15.3. The van der Waals surface area contributed by atoms with Crippen molar-refractivity contribution in [3.8, 4) is 50.2 Å². The molecular weight excluding hydrogens is 765 g/mol. The van der Waals surface area contributed by atoms with Crippen LogP contribution in [0.25, 0.3) is 93.9 Å². The van der Waals surface area contributed by atoms with Crippen LogP contribution in [0, 0.1) is 0 Å². The van der Waals surface area contributed by atoms with Gasteiger partial charge in [0.25, 0.3) is 0 Å². The molecule has 2 heterocycles. The first-order chi connectivity index (χ1) is 31.2. The number of aromatic nitrogens is 1. The molecule has 63 heavy (non-hydrogen) atoms. The van der Waals surface area contributed by atoms with E-state index in [0.29, 0.717) is 0 Å². The van der Waals surface area contributed by atoms with Crippen LogP contribution in [-0.2, 0) is 0 Å². The quantitative estimate of drug-likeness (QED) is 0.153. The maximum atomic E-state index is 6.26. The third-order valence-corrected chi connectivity index (χ3v) is 12.4. The lowest BCUT2D eigenvalue weighted by Gasteiger charge is -2.26. The molecule has 0 radical (unpaired) electrons. The lowest BCUT2D eigenvalue weighted by molar-refractivity contribution is 0.669. The standard InChI is InChI=1S/C60H40N2O/c1-2-13-41(14-3-1)42-27-29-43(30-28-42)46-15-10-17-50(39-46)61(49-37-33-45(34-38-49)52-22-12-26-59-60(52)55-21-6-9-25-58(55)63-59)48-35-31-44(32-36-48)47-16-11-18-51(40-47)62-56-23-7-4-19-53(56)54-20-5-8-24-57(54)62/h1-40H. The molecule has 0 N–H and O–H groups in total. The SMILES string of the molecule is c1ccc(-c2ccc(-c3cccc(N(c4ccc(-c5cccc(-n6c7ccccc7c7ccccc76)c5)cc4)c4ccc(-c5cccc6oc7ccccc7c56)cc4)c3)cc2)cc1. The summed E-state index contributed by atoms with van der Waals surface area (Å²) in [5.41, 5.74) is 17.9. The fraction of sp³-hybridized carbons (Fsp3) is 0. The number of furan rings is 1. The van der Waals surface area contributed by atoms with Gasteiger partial charge in [0.2, 0.25) is 0 Å². The number of anilines is 3. The third kappa shape index (κ3) is 6.46. The monoisotopic (exact) mass is 804 g/mol.